The molecule has 3 atom stereocenters. The van der Waals surface area contributed by atoms with Crippen molar-refractivity contribution in [3.63, 3.8) is 0 Å². The van der Waals surface area contributed by atoms with Gasteiger partial charge in [0.15, 0.2) is 10.8 Å². The predicted molar refractivity (Wildman–Crippen MR) is 103 cm³/mol. The van der Waals surface area contributed by atoms with Crippen LogP contribution in [-0.4, -0.2) is 32.2 Å². The highest BCUT2D eigenvalue weighted by molar-refractivity contribution is 7.42. The van der Waals surface area contributed by atoms with Gasteiger partial charge in [-0.1, -0.05) is 29.8 Å². The summed E-state index contributed by atoms with van der Waals surface area (Å²) in [5.41, 5.74) is 7.80. The fourth-order valence-electron chi connectivity index (χ4n) is 3.27. The minimum Gasteiger partial charge on any atom is -0.426 e. The first kappa shape index (κ1) is 18.0. The van der Waals surface area contributed by atoms with E-state index in [9.17, 15) is 0 Å². The summed E-state index contributed by atoms with van der Waals surface area (Å²) in [6, 6.07) is 7.78. The number of rotatable bonds is 4. The van der Waals surface area contributed by atoms with Gasteiger partial charge in [0.25, 0.3) is 0 Å². The second-order valence-corrected chi connectivity index (χ2v) is 7.98. The molecule has 1 fully saturated rings. The monoisotopic (exact) mass is 421 g/mol. The Bertz CT molecular complexity index is 1020. The second kappa shape index (κ2) is 7.42. The van der Waals surface area contributed by atoms with E-state index in [0.29, 0.717) is 24.4 Å². The van der Waals surface area contributed by atoms with Crippen LogP contribution >= 0.6 is 20.2 Å². The maximum Gasteiger partial charge on any atom is 0.397 e. The standard InChI is InChI=1S/C17H17ClN5O4P/c18-15-14-16(22-17(19)21-15)23(9-20-14)13-6-5-11(26-13)8-25-28-24-7-10-3-1-2-4-12(10)27-28/h1-4,9,11,13H,5-8H2,(H2,19,21,22). The number of imidazole rings is 1. The van der Waals surface area contributed by atoms with Crippen molar-refractivity contribution in [2.75, 3.05) is 12.3 Å². The first-order valence-corrected chi connectivity index (χ1v) is 10.3. The molecule has 2 aromatic heterocycles. The molecule has 2 aliphatic heterocycles. The number of para-hydroxylation sites is 1. The third-order valence-corrected chi connectivity index (χ3v) is 5.94. The molecule has 28 heavy (non-hydrogen) atoms. The largest absolute Gasteiger partial charge is 0.426 e. The topological polar surface area (TPSA) is 107 Å². The Balaban J connectivity index is 1.21. The van der Waals surface area contributed by atoms with Gasteiger partial charge in [0.2, 0.25) is 5.95 Å². The van der Waals surface area contributed by atoms with Crippen LogP contribution in [0, 0.1) is 0 Å². The van der Waals surface area contributed by atoms with E-state index in [0.717, 1.165) is 24.2 Å². The summed E-state index contributed by atoms with van der Waals surface area (Å²) >= 11 is 6.09. The molecule has 2 N–H and O–H groups in total. The third-order valence-electron chi connectivity index (χ3n) is 4.63. The predicted octanol–water partition coefficient (Wildman–Crippen LogP) is 3.59. The van der Waals surface area contributed by atoms with Gasteiger partial charge in [0.1, 0.15) is 17.5 Å². The summed E-state index contributed by atoms with van der Waals surface area (Å²) < 4.78 is 25.2. The van der Waals surface area contributed by atoms with Crippen LogP contribution in [0.25, 0.3) is 11.2 Å². The molecular formula is C17H17ClN5O4P. The highest BCUT2D eigenvalue weighted by Gasteiger charge is 2.31. The Morgan fingerprint density at radius 1 is 1.29 bits per heavy atom. The Morgan fingerprint density at radius 3 is 3.11 bits per heavy atom. The first-order valence-electron chi connectivity index (χ1n) is 8.80. The van der Waals surface area contributed by atoms with Crippen LogP contribution in [0.2, 0.25) is 5.15 Å². The molecule has 1 aromatic carbocycles. The lowest BCUT2D eigenvalue weighted by molar-refractivity contribution is -0.0190. The van der Waals surface area contributed by atoms with Gasteiger partial charge in [-0.05, 0) is 18.9 Å². The number of aromatic nitrogens is 4. The van der Waals surface area contributed by atoms with Crippen LogP contribution in [0.1, 0.15) is 24.6 Å². The summed E-state index contributed by atoms with van der Waals surface area (Å²) in [5.74, 6) is 0.913. The van der Waals surface area contributed by atoms with E-state index in [1.807, 2.05) is 28.8 Å². The molecule has 3 unspecified atom stereocenters. The molecule has 0 saturated carbocycles. The zero-order valence-corrected chi connectivity index (χ0v) is 16.3. The molecule has 0 aliphatic carbocycles. The van der Waals surface area contributed by atoms with Gasteiger partial charge < -0.3 is 15.0 Å². The second-order valence-electron chi connectivity index (χ2n) is 6.48. The van der Waals surface area contributed by atoms with Gasteiger partial charge in [-0.2, -0.15) is 9.97 Å². The van der Waals surface area contributed by atoms with E-state index in [-0.39, 0.29) is 23.4 Å². The van der Waals surface area contributed by atoms with Crippen molar-refractivity contribution in [1.82, 2.24) is 19.5 Å². The Hall–Kier alpha value is -2.03. The molecule has 1 saturated heterocycles. The summed E-state index contributed by atoms with van der Waals surface area (Å²) in [7, 11) is -1.42. The Labute approximate surface area is 166 Å². The van der Waals surface area contributed by atoms with Crippen LogP contribution in [0.5, 0.6) is 5.75 Å². The van der Waals surface area contributed by atoms with E-state index in [4.69, 9.17) is 35.6 Å². The molecule has 0 bridgehead atoms. The van der Waals surface area contributed by atoms with Crippen molar-refractivity contribution in [1.29, 1.82) is 0 Å². The zero-order valence-electron chi connectivity index (χ0n) is 14.7. The van der Waals surface area contributed by atoms with Gasteiger partial charge >= 0.3 is 8.60 Å². The number of anilines is 1. The van der Waals surface area contributed by atoms with Crippen LogP contribution < -0.4 is 10.3 Å². The Kier molecular flexibility index (Phi) is 4.78. The minimum absolute atomic E-state index is 0.0797. The summed E-state index contributed by atoms with van der Waals surface area (Å²) in [6.07, 6.45) is 2.98. The lowest BCUT2D eigenvalue weighted by atomic mass is 10.2. The van der Waals surface area contributed by atoms with Crippen molar-refractivity contribution >= 4 is 37.3 Å². The molecule has 9 nitrogen and oxygen atoms in total. The van der Waals surface area contributed by atoms with Crippen molar-refractivity contribution in [2.45, 2.75) is 31.8 Å². The number of nitrogens with zero attached hydrogens (tertiary/aromatic N) is 4. The van der Waals surface area contributed by atoms with Crippen molar-refractivity contribution in [3.05, 3.63) is 41.3 Å². The fraction of sp³-hybridized carbons (Fsp3) is 0.353. The van der Waals surface area contributed by atoms with E-state index in [1.165, 1.54) is 0 Å². The van der Waals surface area contributed by atoms with E-state index < -0.39 is 8.60 Å². The summed E-state index contributed by atoms with van der Waals surface area (Å²) in [4.78, 5) is 12.4. The van der Waals surface area contributed by atoms with Gasteiger partial charge in [-0.15, -0.1) is 0 Å². The molecule has 4 heterocycles. The van der Waals surface area contributed by atoms with Crippen molar-refractivity contribution < 1.29 is 18.3 Å². The van der Waals surface area contributed by atoms with E-state index in [1.54, 1.807) is 6.33 Å². The first-order chi connectivity index (χ1) is 13.7. The number of nitrogens with two attached hydrogens (primary N) is 1. The molecular weight excluding hydrogens is 405 g/mol. The molecule has 5 rings (SSSR count). The third kappa shape index (κ3) is 3.40. The average molecular weight is 422 g/mol. The molecule has 3 aromatic rings. The molecule has 0 spiro atoms. The SMILES string of the molecule is Nc1nc(Cl)c2ncn(C3CCC(COP4OCc5ccccc5O4)O3)c2n1. The highest BCUT2D eigenvalue weighted by Crippen LogP contribution is 2.47. The number of hydrogen-bond acceptors (Lipinski definition) is 8. The van der Waals surface area contributed by atoms with Crippen molar-refractivity contribution in [2.24, 2.45) is 0 Å². The van der Waals surface area contributed by atoms with Crippen LogP contribution in [0.4, 0.5) is 5.95 Å². The van der Waals surface area contributed by atoms with Crippen molar-refractivity contribution in [3.8, 4) is 5.75 Å². The number of fused-ring (bicyclic) bond motifs is 2. The van der Waals surface area contributed by atoms with Gasteiger partial charge in [-0.3, -0.25) is 13.6 Å². The maximum atomic E-state index is 6.11. The molecule has 146 valence electrons. The minimum atomic E-state index is -1.42. The molecule has 0 amide bonds. The summed E-state index contributed by atoms with van der Waals surface area (Å²) in [6.45, 7) is 0.869. The normalized spacial score (nSPS) is 24.2. The number of hydrogen-bond donors (Lipinski definition) is 1. The number of halogens is 1. The quantitative estimate of drug-likeness (QED) is 0.503. The molecule has 2 aliphatic rings. The Morgan fingerprint density at radius 2 is 2.18 bits per heavy atom. The van der Waals surface area contributed by atoms with Gasteiger partial charge in [0.05, 0.1) is 25.6 Å². The molecule has 11 heteroatoms. The lowest BCUT2D eigenvalue weighted by Gasteiger charge is -2.24. The van der Waals surface area contributed by atoms with Crippen LogP contribution in [-0.2, 0) is 20.4 Å². The van der Waals surface area contributed by atoms with E-state index >= 15 is 0 Å². The average Bonchev–Trinajstić information content (AvgIpc) is 3.33. The maximum absolute atomic E-state index is 6.11. The zero-order chi connectivity index (χ0) is 19.1. The number of nitrogen functional groups attached to an aromatic ring is 1. The van der Waals surface area contributed by atoms with Gasteiger partial charge in [-0.25, -0.2) is 4.98 Å². The van der Waals surface area contributed by atoms with Crippen LogP contribution in [0.15, 0.2) is 30.6 Å². The highest BCUT2D eigenvalue weighted by atomic mass is 35.5. The van der Waals surface area contributed by atoms with Gasteiger partial charge in [0, 0.05) is 5.56 Å². The molecule has 0 radical (unpaired) electrons. The fourth-order valence-corrected chi connectivity index (χ4v) is 4.54. The lowest BCUT2D eigenvalue weighted by Crippen LogP contribution is -2.17. The van der Waals surface area contributed by atoms with Crippen LogP contribution in [0.3, 0.4) is 0 Å². The smallest absolute Gasteiger partial charge is 0.397 e. The number of ether oxygens (including phenoxy) is 1. The summed E-state index contributed by atoms with van der Waals surface area (Å²) in [5, 5.41) is 0.230. The van der Waals surface area contributed by atoms with E-state index in [2.05, 4.69) is 15.0 Å². The number of benzene rings is 1.